The van der Waals surface area contributed by atoms with Gasteiger partial charge in [-0.2, -0.15) is 39.5 Å². The van der Waals surface area contributed by atoms with E-state index in [2.05, 4.69) is 15.9 Å². The van der Waals surface area contributed by atoms with Gasteiger partial charge in [0.05, 0.1) is 0 Å². The molecule has 0 aliphatic rings. The molecule has 0 N–H and O–H groups in total. The molecule has 0 nitrogen and oxygen atoms in total. The number of halogens is 10. The molecule has 0 aromatic heterocycles. The van der Waals surface area contributed by atoms with Crippen molar-refractivity contribution in [2.75, 3.05) is 0 Å². The first-order chi connectivity index (χ1) is 8.75. The summed E-state index contributed by atoms with van der Waals surface area (Å²) in [6.45, 7) is 0. The molecule has 0 radical (unpaired) electrons. The van der Waals surface area contributed by atoms with Crippen LogP contribution in [0.15, 0.2) is 28.7 Å². The van der Waals surface area contributed by atoms with Crippen LogP contribution in [0.3, 0.4) is 0 Å². The average Bonchev–Trinajstić information content (AvgIpc) is 2.27. The smallest absolute Gasteiger partial charge is 0.194 e. The highest BCUT2D eigenvalue weighted by Gasteiger charge is 2.81. The van der Waals surface area contributed by atoms with E-state index in [1.807, 2.05) is 0 Å². The van der Waals surface area contributed by atoms with Crippen molar-refractivity contribution in [2.45, 2.75) is 23.9 Å². The molecule has 20 heavy (non-hydrogen) atoms. The fraction of sp³-hybridized carbons (Fsp3) is 0.400. The van der Waals surface area contributed by atoms with Crippen LogP contribution in [0.4, 0.5) is 39.5 Å². The normalized spacial score (nSPS) is 14.5. The Hall–Kier alpha value is -0.930. The molecule has 0 aliphatic carbocycles. The van der Waals surface area contributed by atoms with Crippen LogP contribution in [-0.4, -0.2) is 18.0 Å². The zero-order valence-corrected chi connectivity index (χ0v) is 10.7. The molecule has 0 atom stereocenters. The van der Waals surface area contributed by atoms with Gasteiger partial charge in [0.1, 0.15) is 0 Å². The van der Waals surface area contributed by atoms with Gasteiger partial charge in [-0.1, -0.05) is 28.1 Å². The summed E-state index contributed by atoms with van der Waals surface area (Å²) in [7, 11) is 0. The number of rotatable bonds is 3. The molecule has 0 aliphatic heterocycles. The molecule has 0 saturated carbocycles. The molecule has 10 heteroatoms. The van der Waals surface area contributed by atoms with E-state index >= 15 is 0 Å². The van der Waals surface area contributed by atoms with Crippen LogP contribution in [-0.2, 0) is 5.92 Å². The van der Waals surface area contributed by atoms with E-state index in [0.29, 0.717) is 12.1 Å². The third-order valence-corrected chi connectivity index (χ3v) is 2.88. The quantitative estimate of drug-likeness (QED) is 0.623. The summed E-state index contributed by atoms with van der Waals surface area (Å²) in [6.07, 6.45) is -6.81. The molecule has 0 saturated heterocycles. The van der Waals surface area contributed by atoms with Crippen LogP contribution in [0.5, 0.6) is 0 Å². The van der Waals surface area contributed by atoms with E-state index in [0.717, 1.165) is 12.1 Å². The van der Waals surface area contributed by atoms with E-state index in [1.165, 1.54) is 0 Å². The van der Waals surface area contributed by atoms with Crippen molar-refractivity contribution >= 4 is 15.9 Å². The van der Waals surface area contributed by atoms with Crippen molar-refractivity contribution < 1.29 is 39.5 Å². The number of hydrogen-bond donors (Lipinski definition) is 0. The van der Waals surface area contributed by atoms with Crippen LogP contribution in [0.2, 0.25) is 0 Å². The van der Waals surface area contributed by atoms with Gasteiger partial charge in [0.25, 0.3) is 0 Å². The van der Waals surface area contributed by atoms with Gasteiger partial charge in [0, 0.05) is 10.0 Å². The molecule has 1 aromatic rings. The van der Waals surface area contributed by atoms with Gasteiger partial charge in [0.15, 0.2) is 0 Å². The summed E-state index contributed by atoms with van der Waals surface area (Å²) in [5.74, 6) is -19.2. The Bertz CT molecular complexity index is 474. The van der Waals surface area contributed by atoms with Crippen molar-refractivity contribution in [1.29, 1.82) is 0 Å². The molecule has 0 heterocycles. The van der Waals surface area contributed by atoms with Crippen LogP contribution < -0.4 is 0 Å². The van der Waals surface area contributed by atoms with Crippen LogP contribution in [0.25, 0.3) is 0 Å². The van der Waals surface area contributed by atoms with Gasteiger partial charge in [-0.05, 0) is 12.1 Å². The van der Waals surface area contributed by atoms with Crippen LogP contribution in [0.1, 0.15) is 5.56 Å². The summed E-state index contributed by atoms with van der Waals surface area (Å²) in [6, 6.07) is 2.27. The minimum atomic E-state index is -6.88. The highest BCUT2D eigenvalue weighted by atomic mass is 79.9. The van der Waals surface area contributed by atoms with Crippen LogP contribution in [0, 0.1) is 0 Å². The first kappa shape index (κ1) is 17.1. The predicted molar refractivity (Wildman–Crippen MR) is 54.0 cm³/mol. The Kier molecular flexibility index (Phi) is 4.12. The highest BCUT2D eigenvalue weighted by molar-refractivity contribution is 9.10. The van der Waals surface area contributed by atoms with E-state index < -0.39 is 29.5 Å². The Labute approximate surface area is 114 Å². The zero-order valence-electron chi connectivity index (χ0n) is 9.09. The van der Waals surface area contributed by atoms with E-state index in [-0.39, 0.29) is 4.47 Å². The van der Waals surface area contributed by atoms with E-state index in [1.54, 1.807) is 0 Å². The minimum absolute atomic E-state index is 0.156. The lowest BCUT2D eigenvalue weighted by Crippen LogP contribution is -2.59. The lowest BCUT2D eigenvalue weighted by molar-refractivity contribution is -0.399. The second-order valence-electron chi connectivity index (χ2n) is 3.73. The summed E-state index contributed by atoms with van der Waals surface area (Å²) in [4.78, 5) is 0. The third kappa shape index (κ3) is 2.49. The molecule has 0 fully saturated rings. The molecule has 114 valence electrons. The predicted octanol–water partition coefficient (Wildman–Crippen LogP) is 5.37. The maximum absolute atomic E-state index is 13.3. The van der Waals surface area contributed by atoms with Gasteiger partial charge in [0.2, 0.25) is 0 Å². The van der Waals surface area contributed by atoms with Gasteiger partial charge < -0.3 is 0 Å². The topological polar surface area (TPSA) is 0 Å². The fourth-order valence-electron chi connectivity index (χ4n) is 1.22. The van der Waals surface area contributed by atoms with E-state index in [4.69, 9.17) is 0 Å². The Morgan fingerprint density at radius 3 is 1.40 bits per heavy atom. The first-order valence-corrected chi connectivity index (χ1v) is 5.50. The van der Waals surface area contributed by atoms with Crippen LogP contribution >= 0.6 is 15.9 Å². The Balaban J connectivity index is 3.35. The zero-order chi connectivity index (χ0) is 16.0. The summed E-state index contributed by atoms with van der Waals surface area (Å²) in [5.41, 5.74) is -1.66. The van der Waals surface area contributed by atoms with Crippen molar-refractivity contribution in [3.63, 3.8) is 0 Å². The molecular formula is C10H4BrF9. The van der Waals surface area contributed by atoms with Crippen molar-refractivity contribution in [2.24, 2.45) is 0 Å². The number of alkyl halides is 9. The minimum Gasteiger partial charge on any atom is -0.194 e. The first-order valence-electron chi connectivity index (χ1n) is 4.71. The molecule has 1 rings (SSSR count). The lowest BCUT2D eigenvalue weighted by Gasteiger charge is -2.33. The third-order valence-electron chi connectivity index (χ3n) is 2.35. The van der Waals surface area contributed by atoms with Gasteiger partial charge in [-0.3, -0.25) is 0 Å². The molecule has 0 bridgehead atoms. The van der Waals surface area contributed by atoms with Crippen molar-refractivity contribution in [3.8, 4) is 0 Å². The highest BCUT2D eigenvalue weighted by Crippen LogP contribution is 2.56. The fourth-order valence-corrected chi connectivity index (χ4v) is 1.48. The second kappa shape index (κ2) is 4.81. The lowest BCUT2D eigenvalue weighted by atomic mass is 9.97. The number of benzene rings is 1. The maximum Gasteiger partial charge on any atom is 0.460 e. The van der Waals surface area contributed by atoms with Gasteiger partial charge in [-0.25, -0.2) is 0 Å². The molecule has 0 unspecified atom stereocenters. The molecule has 1 aromatic carbocycles. The summed E-state index contributed by atoms with van der Waals surface area (Å²) < 4.78 is 114. The molecule has 0 amide bonds. The molecule has 0 spiro atoms. The summed E-state index contributed by atoms with van der Waals surface area (Å²) >= 11 is 2.77. The van der Waals surface area contributed by atoms with Gasteiger partial charge in [-0.15, -0.1) is 0 Å². The van der Waals surface area contributed by atoms with E-state index in [9.17, 15) is 39.5 Å². The second-order valence-corrected chi connectivity index (χ2v) is 4.64. The van der Waals surface area contributed by atoms with Crippen molar-refractivity contribution in [1.82, 2.24) is 0 Å². The standard InChI is InChI=1S/C10H4BrF9/c11-6-3-1-5(2-4-6)7(12,13)8(14,15)9(16,17)10(18,19)20/h1-4H. The maximum atomic E-state index is 13.3. The SMILES string of the molecule is FC(F)(F)C(F)(F)C(F)(F)C(F)(F)c1ccc(Br)cc1. The molecular weight excluding hydrogens is 371 g/mol. The summed E-state index contributed by atoms with van der Waals surface area (Å²) in [5, 5.41) is 0. The largest absolute Gasteiger partial charge is 0.460 e. The average molecular weight is 375 g/mol. The Morgan fingerprint density at radius 1 is 0.650 bits per heavy atom. The number of hydrogen-bond acceptors (Lipinski definition) is 0. The van der Waals surface area contributed by atoms with Crippen molar-refractivity contribution in [3.05, 3.63) is 34.3 Å². The Morgan fingerprint density at radius 2 is 1.05 bits per heavy atom. The monoisotopic (exact) mass is 374 g/mol. The van der Waals surface area contributed by atoms with Gasteiger partial charge >= 0.3 is 23.9 Å².